The molecule has 1 aliphatic heterocycles. The van der Waals surface area contributed by atoms with Crippen molar-refractivity contribution in [2.45, 2.75) is 12.5 Å². The molecule has 0 spiro atoms. The van der Waals surface area contributed by atoms with Gasteiger partial charge in [-0.15, -0.1) is 0 Å². The van der Waals surface area contributed by atoms with Crippen molar-refractivity contribution in [3.63, 3.8) is 0 Å². The molecule has 1 amide bonds. The molecule has 0 aromatic heterocycles. The van der Waals surface area contributed by atoms with Crippen LogP contribution >= 0.6 is 0 Å². The Hall–Kier alpha value is -2.81. The van der Waals surface area contributed by atoms with Crippen molar-refractivity contribution in [1.82, 2.24) is 9.80 Å². The number of carbonyl (C=O) groups is 1. The molecule has 0 saturated carbocycles. The maximum atomic E-state index is 11.0. The molecule has 0 radical (unpaired) electrons. The van der Waals surface area contributed by atoms with Crippen LogP contribution in [-0.4, -0.2) is 55.5 Å². The predicted octanol–water partition coefficient (Wildman–Crippen LogP) is 2.28. The van der Waals surface area contributed by atoms with Crippen molar-refractivity contribution in [2.75, 3.05) is 39.8 Å². The minimum absolute atomic E-state index is 0.0466. The van der Waals surface area contributed by atoms with Crippen molar-refractivity contribution in [3.8, 4) is 17.6 Å². The fraction of sp³-hybridized carbons (Fsp3) is 0.348. The van der Waals surface area contributed by atoms with E-state index < -0.39 is 0 Å². The van der Waals surface area contributed by atoms with Gasteiger partial charge < -0.3 is 15.4 Å². The molecule has 146 valence electrons. The van der Waals surface area contributed by atoms with Crippen molar-refractivity contribution < 1.29 is 9.53 Å². The summed E-state index contributed by atoms with van der Waals surface area (Å²) in [5, 5.41) is 0. The summed E-state index contributed by atoms with van der Waals surface area (Å²) in [6.45, 7) is 4.27. The molecule has 1 fully saturated rings. The van der Waals surface area contributed by atoms with Crippen LogP contribution in [0.3, 0.4) is 0 Å². The fourth-order valence-corrected chi connectivity index (χ4v) is 3.44. The topological polar surface area (TPSA) is 58.8 Å². The van der Waals surface area contributed by atoms with Crippen LogP contribution in [0.4, 0.5) is 0 Å². The third-order valence-electron chi connectivity index (χ3n) is 5.01. The highest BCUT2D eigenvalue weighted by Gasteiger charge is 2.25. The summed E-state index contributed by atoms with van der Waals surface area (Å²) in [4.78, 5) is 15.7. The van der Waals surface area contributed by atoms with Crippen molar-refractivity contribution >= 4 is 5.91 Å². The van der Waals surface area contributed by atoms with E-state index in [1.165, 1.54) is 0 Å². The first-order valence-corrected chi connectivity index (χ1v) is 9.61. The summed E-state index contributed by atoms with van der Waals surface area (Å²) in [6.07, 6.45) is 0.406. The minimum atomic E-state index is -0.247. The molecule has 28 heavy (non-hydrogen) atoms. The lowest BCUT2D eigenvalue weighted by atomic mass is 10.0. The smallest absolute Gasteiger partial charge is 0.218 e. The van der Waals surface area contributed by atoms with E-state index in [9.17, 15) is 4.79 Å². The number of hydrogen-bond donors (Lipinski definition) is 1. The Bertz CT molecular complexity index is 834. The quantitative estimate of drug-likeness (QED) is 0.785. The second-order valence-corrected chi connectivity index (χ2v) is 6.87. The summed E-state index contributed by atoms with van der Waals surface area (Å²) >= 11 is 0. The van der Waals surface area contributed by atoms with Gasteiger partial charge in [-0.2, -0.15) is 0 Å². The molecule has 5 heteroatoms. The van der Waals surface area contributed by atoms with E-state index in [-0.39, 0.29) is 11.9 Å². The maximum absolute atomic E-state index is 11.0. The van der Waals surface area contributed by atoms with E-state index in [4.69, 9.17) is 10.5 Å². The summed E-state index contributed by atoms with van der Waals surface area (Å²) in [7, 11) is 1.70. The predicted molar refractivity (Wildman–Crippen MR) is 111 cm³/mol. The average molecular weight is 377 g/mol. The van der Waals surface area contributed by atoms with Crippen LogP contribution in [0.15, 0.2) is 54.6 Å². The molecule has 2 aromatic carbocycles. The zero-order valence-electron chi connectivity index (χ0n) is 16.3. The second-order valence-electron chi connectivity index (χ2n) is 6.87. The van der Waals surface area contributed by atoms with Gasteiger partial charge in [-0.05, 0) is 18.2 Å². The van der Waals surface area contributed by atoms with Crippen LogP contribution in [0.25, 0.3) is 0 Å². The van der Waals surface area contributed by atoms with Gasteiger partial charge in [-0.3, -0.25) is 9.69 Å². The van der Waals surface area contributed by atoms with E-state index >= 15 is 0 Å². The fourth-order valence-electron chi connectivity index (χ4n) is 3.44. The average Bonchev–Trinajstić information content (AvgIpc) is 2.74. The van der Waals surface area contributed by atoms with E-state index in [0.29, 0.717) is 6.42 Å². The normalized spacial score (nSPS) is 16.0. The molecule has 2 N–H and O–H groups in total. The lowest BCUT2D eigenvalue weighted by Crippen LogP contribution is -2.48. The molecular weight excluding hydrogens is 350 g/mol. The molecule has 3 rings (SSSR count). The first kappa shape index (κ1) is 19.9. The number of primary amides is 1. The number of hydrogen-bond acceptors (Lipinski definition) is 4. The Kier molecular flexibility index (Phi) is 7.07. The number of benzene rings is 2. The molecule has 1 aliphatic rings. The number of nitrogens with two attached hydrogens (primary N) is 1. The van der Waals surface area contributed by atoms with Gasteiger partial charge in [0.2, 0.25) is 5.91 Å². The van der Waals surface area contributed by atoms with E-state index in [1.807, 2.05) is 48.5 Å². The Morgan fingerprint density at radius 3 is 2.43 bits per heavy atom. The van der Waals surface area contributed by atoms with Crippen molar-refractivity contribution in [2.24, 2.45) is 5.73 Å². The van der Waals surface area contributed by atoms with Gasteiger partial charge in [0.05, 0.1) is 7.11 Å². The zero-order chi connectivity index (χ0) is 19.8. The molecule has 1 saturated heterocycles. The molecule has 0 bridgehead atoms. The molecule has 1 atom stereocenters. The monoisotopic (exact) mass is 377 g/mol. The number of amides is 1. The number of rotatable bonds is 6. The number of carbonyl (C=O) groups excluding carboxylic acids is 1. The van der Waals surface area contributed by atoms with Gasteiger partial charge in [0.15, 0.2) is 0 Å². The highest BCUT2D eigenvalue weighted by molar-refractivity contribution is 5.73. The zero-order valence-corrected chi connectivity index (χ0v) is 16.3. The first-order chi connectivity index (χ1) is 13.7. The van der Waals surface area contributed by atoms with E-state index in [2.05, 4.69) is 27.7 Å². The van der Waals surface area contributed by atoms with Crippen LogP contribution in [0, 0.1) is 11.8 Å². The number of nitrogens with zero attached hydrogens (tertiary/aromatic N) is 2. The number of para-hydroxylation sites is 1. The van der Waals surface area contributed by atoms with Gasteiger partial charge in [-0.25, -0.2) is 0 Å². The molecule has 5 nitrogen and oxygen atoms in total. The molecule has 1 heterocycles. The largest absolute Gasteiger partial charge is 0.496 e. The second kappa shape index (κ2) is 9.93. The lowest BCUT2D eigenvalue weighted by Gasteiger charge is -2.37. The van der Waals surface area contributed by atoms with Crippen molar-refractivity contribution in [3.05, 3.63) is 65.7 Å². The van der Waals surface area contributed by atoms with Gasteiger partial charge in [0.1, 0.15) is 11.8 Å². The molecule has 0 unspecified atom stereocenters. The Morgan fingerprint density at radius 2 is 1.75 bits per heavy atom. The van der Waals surface area contributed by atoms with Crippen LogP contribution in [0.5, 0.6) is 5.75 Å². The third kappa shape index (κ3) is 5.35. The van der Waals surface area contributed by atoms with Crippen LogP contribution < -0.4 is 10.5 Å². The summed E-state index contributed by atoms with van der Waals surface area (Å²) < 4.78 is 5.60. The number of ether oxygens (including phenoxy) is 1. The van der Waals surface area contributed by atoms with E-state index in [1.54, 1.807) is 7.11 Å². The lowest BCUT2D eigenvalue weighted by molar-refractivity contribution is -0.118. The summed E-state index contributed by atoms with van der Waals surface area (Å²) in [5.74, 6) is 7.39. The van der Waals surface area contributed by atoms with Gasteiger partial charge >= 0.3 is 0 Å². The molecule has 2 aromatic rings. The van der Waals surface area contributed by atoms with Crippen molar-refractivity contribution in [1.29, 1.82) is 0 Å². The Morgan fingerprint density at radius 1 is 1.07 bits per heavy atom. The number of piperazine rings is 1. The highest BCUT2D eigenvalue weighted by atomic mass is 16.5. The number of methoxy groups -OCH3 is 1. The van der Waals surface area contributed by atoms with Crippen LogP contribution in [-0.2, 0) is 4.79 Å². The van der Waals surface area contributed by atoms with Crippen LogP contribution in [0.2, 0.25) is 0 Å². The standard InChI is InChI=1S/C23H27N3O2/c1-28-22-10-6-5-9-20(22)21(12-11-19-7-3-2-4-8-19)26-17-15-25(16-18-26)14-13-23(24)27/h2-10,21H,13-18H2,1H3,(H2,24,27)/t21-/m1/s1. The SMILES string of the molecule is COc1ccccc1[C@@H](C#Cc1ccccc1)N1CCN(CCC(N)=O)CC1. The highest BCUT2D eigenvalue weighted by Crippen LogP contribution is 2.29. The molecule has 0 aliphatic carbocycles. The Balaban J connectivity index is 1.80. The van der Waals surface area contributed by atoms with Gasteiger partial charge in [-0.1, -0.05) is 48.2 Å². The molecular formula is C23H27N3O2. The van der Waals surface area contributed by atoms with Gasteiger partial charge in [0.25, 0.3) is 0 Å². The maximum Gasteiger partial charge on any atom is 0.218 e. The van der Waals surface area contributed by atoms with Gasteiger partial charge in [0, 0.05) is 50.3 Å². The summed E-state index contributed by atoms with van der Waals surface area (Å²) in [5.41, 5.74) is 7.36. The summed E-state index contributed by atoms with van der Waals surface area (Å²) in [6, 6.07) is 18.1. The van der Waals surface area contributed by atoms with Crippen LogP contribution in [0.1, 0.15) is 23.6 Å². The Labute approximate surface area is 167 Å². The van der Waals surface area contributed by atoms with E-state index in [0.717, 1.165) is 49.6 Å². The minimum Gasteiger partial charge on any atom is -0.496 e. The third-order valence-corrected chi connectivity index (χ3v) is 5.01. The first-order valence-electron chi connectivity index (χ1n) is 9.61.